The summed E-state index contributed by atoms with van der Waals surface area (Å²) in [5.41, 5.74) is 9.74. The number of allylic oxidation sites excluding steroid dienone is 4. The molecule has 1 fully saturated rings. The Balaban J connectivity index is 0.00000211. The molecule has 3 rings (SSSR count). The van der Waals surface area contributed by atoms with Crippen molar-refractivity contribution >= 4 is 25.8 Å². The second kappa shape index (κ2) is 21.0. The van der Waals surface area contributed by atoms with E-state index in [0.717, 1.165) is 62.6 Å². The molecule has 2 aliphatic carbocycles. The second-order valence-electron chi connectivity index (χ2n) is 10.4. The normalized spacial score (nSPS) is 20.9. The molecule has 0 saturated heterocycles. The first-order valence-corrected chi connectivity index (χ1v) is 17.6. The first kappa shape index (κ1) is 37.3. The molecule has 1 aromatic carbocycles. The lowest BCUT2D eigenvalue weighted by Crippen LogP contribution is -2.22. The maximum atomic E-state index is 12.8. The summed E-state index contributed by atoms with van der Waals surface area (Å²) >= 11 is 0. The summed E-state index contributed by atoms with van der Waals surface area (Å²) < 4.78 is 18.5. The molecule has 7 nitrogen and oxygen atoms in total. The first-order valence-electron chi connectivity index (χ1n) is 15.6. The van der Waals surface area contributed by atoms with E-state index in [1.165, 1.54) is 23.9 Å². The maximum Gasteiger partial charge on any atom is 0.201 e. The zero-order valence-electron chi connectivity index (χ0n) is 26.8. The van der Waals surface area contributed by atoms with Gasteiger partial charge in [-0.05, 0) is 81.3 Å². The molecular formula is C34H55N4O3P. The highest BCUT2D eigenvalue weighted by Crippen LogP contribution is 2.47. The van der Waals surface area contributed by atoms with Crippen LogP contribution in [0.3, 0.4) is 0 Å². The van der Waals surface area contributed by atoms with Crippen LogP contribution in [0.25, 0.3) is 0 Å². The van der Waals surface area contributed by atoms with Gasteiger partial charge in [0.2, 0.25) is 7.37 Å². The van der Waals surface area contributed by atoms with Crippen LogP contribution < -0.4 is 5.73 Å². The molecule has 42 heavy (non-hydrogen) atoms. The van der Waals surface area contributed by atoms with Crippen molar-refractivity contribution in [3.05, 3.63) is 71.6 Å². The highest BCUT2D eigenvalue weighted by atomic mass is 31.2. The van der Waals surface area contributed by atoms with Crippen LogP contribution in [-0.4, -0.2) is 48.8 Å². The standard InChI is InChI=1S/C30H43N4O3P.2C2H6/c1-23(37-22-33-21-34-24(2)31)30(32-3)29-15-13-27(14-16-29)19-26-9-11-28(12-10-26)20-38(35,36)18-17-25-7-5-4-6-8-25;2*1-2/h5,7-8,13-16,21-23,26,28H,2,4,6,9-12,17-20,31H2,1,3H3,(H,35,36);2*1-2H3/b32-30?,33-22?,34-21-;;. The Bertz CT molecular complexity index is 1110. The summed E-state index contributed by atoms with van der Waals surface area (Å²) in [4.78, 5) is 22.7. The third kappa shape index (κ3) is 14.4. The van der Waals surface area contributed by atoms with Gasteiger partial charge in [0.25, 0.3) is 0 Å². The van der Waals surface area contributed by atoms with E-state index in [2.05, 4.69) is 64.0 Å². The smallest absolute Gasteiger partial charge is 0.201 e. The van der Waals surface area contributed by atoms with Crippen molar-refractivity contribution in [2.45, 2.75) is 92.1 Å². The number of hydrogen-bond acceptors (Lipinski definition) is 5. The Morgan fingerprint density at radius 2 is 1.76 bits per heavy atom. The second-order valence-corrected chi connectivity index (χ2v) is 12.9. The summed E-state index contributed by atoms with van der Waals surface area (Å²) in [7, 11) is -1.32. The molecule has 0 aromatic heterocycles. The summed E-state index contributed by atoms with van der Waals surface area (Å²) in [5, 5.41) is 0. The van der Waals surface area contributed by atoms with Crippen molar-refractivity contribution in [1.82, 2.24) is 0 Å². The van der Waals surface area contributed by atoms with Crippen LogP contribution in [-0.2, 0) is 15.7 Å². The number of benzene rings is 1. The van der Waals surface area contributed by atoms with Crippen LogP contribution >= 0.6 is 7.37 Å². The van der Waals surface area contributed by atoms with Crippen LogP contribution in [0.1, 0.15) is 90.7 Å². The topological polar surface area (TPSA) is 110 Å². The minimum atomic E-state index is -3.07. The Labute approximate surface area is 255 Å². The zero-order valence-corrected chi connectivity index (χ0v) is 27.7. The van der Waals surface area contributed by atoms with Gasteiger partial charge in [0.05, 0.1) is 5.71 Å². The largest absolute Gasteiger partial charge is 0.474 e. The third-order valence-electron chi connectivity index (χ3n) is 7.35. The van der Waals surface area contributed by atoms with Gasteiger partial charge in [0.15, 0.2) is 6.40 Å². The van der Waals surface area contributed by atoms with Gasteiger partial charge in [-0.2, -0.15) is 0 Å². The minimum Gasteiger partial charge on any atom is -0.474 e. The molecule has 0 heterocycles. The third-order valence-corrected chi connectivity index (χ3v) is 9.36. The Morgan fingerprint density at radius 3 is 2.33 bits per heavy atom. The lowest BCUT2D eigenvalue weighted by molar-refractivity contribution is 0.286. The molecule has 2 unspecified atom stereocenters. The molecule has 1 aromatic rings. The number of rotatable bonds is 13. The van der Waals surface area contributed by atoms with E-state index >= 15 is 0 Å². The SMILES string of the molecule is C=C(N)/N=C\N=COC(C)C(=NC)c1ccc(CC2CCC(CP(=O)(O)CCC3=CCCC=C3)CC2)cc1.CC.CC. The predicted octanol–water partition coefficient (Wildman–Crippen LogP) is 8.34. The number of nitrogens with zero attached hydrogens (tertiary/aromatic N) is 3. The van der Waals surface area contributed by atoms with E-state index in [-0.39, 0.29) is 11.9 Å². The Hall–Kier alpha value is -2.76. The monoisotopic (exact) mass is 598 g/mol. The maximum absolute atomic E-state index is 12.8. The molecule has 0 amide bonds. The van der Waals surface area contributed by atoms with Gasteiger partial charge < -0.3 is 15.4 Å². The highest BCUT2D eigenvalue weighted by Gasteiger charge is 2.28. The first-order chi connectivity index (χ1) is 20.3. The fraction of sp³-hybridized carbons (Fsp3) is 0.559. The van der Waals surface area contributed by atoms with Gasteiger partial charge >= 0.3 is 0 Å². The summed E-state index contributed by atoms with van der Waals surface area (Å²) in [6.45, 7) is 13.4. The van der Waals surface area contributed by atoms with Crippen molar-refractivity contribution in [1.29, 1.82) is 0 Å². The number of aliphatic imine (C=N–C) groups is 3. The molecule has 234 valence electrons. The van der Waals surface area contributed by atoms with Crippen LogP contribution in [0.2, 0.25) is 0 Å². The van der Waals surface area contributed by atoms with Gasteiger partial charge in [-0.15, -0.1) is 0 Å². The zero-order chi connectivity index (χ0) is 31.4. The molecule has 2 aliphatic rings. The average Bonchev–Trinajstić information content (AvgIpc) is 3.00. The summed E-state index contributed by atoms with van der Waals surface area (Å²) in [6.07, 6.45) is 17.9. The molecule has 2 atom stereocenters. The molecule has 3 N–H and O–H groups in total. The summed E-state index contributed by atoms with van der Waals surface area (Å²) in [5.74, 6) is 1.18. The van der Waals surface area contributed by atoms with Gasteiger partial charge in [-0.25, -0.2) is 9.98 Å². The predicted molar refractivity (Wildman–Crippen MR) is 182 cm³/mol. The van der Waals surface area contributed by atoms with Gasteiger partial charge in [0, 0.05) is 19.4 Å². The number of nitrogens with two attached hydrogens (primary N) is 1. The molecular weight excluding hydrogens is 543 g/mol. The highest BCUT2D eigenvalue weighted by molar-refractivity contribution is 7.58. The van der Waals surface area contributed by atoms with Crippen LogP contribution in [0.4, 0.5) is 0 Å². The van der Waals surface area contributed by atoms with Crippen molar-refractivity contribution in [2.24, 2.45) is 32.5 Å². The fourth-order valence-corrected chi connectivity index (χ4v) is 7.25. The van der Waals surface area contributed by atoms with Crippen LogP contribution in [0, 0.1) is 11.8 Å². The van der Waals surface area contributed by atoms with E-state index in [0.29, 0.717) is 24.2 Å². The van der Waals surface area contributed by atoms with Gasteiger partial charge in [-0.1, -0.05) is 82.3 Å². The van der Waals surface area contributed by atoms with E-state index in [4.69, 9.17) is 10.5 Å². The van der Waals surface area contributed by atoms with Gasteiger partial charge in [-0.3, -0.25) is 9.56 Å². The molecule has 0 aliphatic heterocycles. The molecule has 0 bridgehead atoms. The van der Waals surface area contributed by atoms with Crippen molar-refractivity contribution in [3.63, 3.8) is 0 Å². The number of hydrogen-bond donors (Lipinski definition) is 2. The van der Waals surface area contributed by atoms with E-state index in [1.54, 1.807) is 7.05 Å². The fourth-order valence-electron chi connectivity index (χ4n) is 5.29. The van der Waals surface area contributed by atoms with Gasteiger partial charge in [0.1, 0.15) is 18.3 Å². The molecule has 0 spiro atoms. The van der Waals surface area contributed by atoms with Crippen molar-refractivity contribution < 1.29 is 14.2 Å². The lowest BCUT2D eigenvalue weighted by atomic mass is 9.80. The molecule has 8 heteroatoms. The van der Waals surface area contributed by atoms with E-state index < -0.39 is 7.37 Å². The van der Waals surface area contributed by atoms with Crippen molar-refractivity contribution in [3.8, 4) is 0 Å². The number of ether oxygens (including phenoxy) is 1. The van der Waals surface area contributed by atoms with Crippen molar-refractivity contribution in [2.75, 3.05) is 19.4 Å². The Morgan fingerprint density at radius 1 is 1.12 bits per heavy atom. The average molecular weight is 599 g/mol. The molecule has 0 radical (unpaired) electrons. The summed E-state index contributed by atoms with van der Waals surface area (Å²) in [6, 6.07) is 8.53. The van der Waals surface area contributed by atoms with E-state index in [9.17, 15) is 9.46 Å². The van der Waals surface area contributed by atoms with Crippen LogP contribution in [0.15, 0.2) is 75.4 Å². The van der Waals surface area contributed by atoms with E-state index in [1.807, 2.05) is 34.6 Å². The quantitative estimate of drug-likeness (QED) is 0.135. The minimum absolute atomic E-state index is 0.187. The molecule has 1 saturated carbocycles. The van der Waals surface area contributed by atoms with Crippen LogP contribution in [0.5, 0.6) is 0 Å². The Kier molecular flexibility index (Phi) is 18.6. The lowest BCUT2D eigenvalue weighted by Gasteiger charge is -2.30.